The van der Waals surface area contributed by atoms with Crippen molar-refractivity contribution in [3.8, 4) is 5.75 Å². The highest BCUT2D eigenvalue weighted by molar-refractivity contribution is 7.71. The predicted molar refractivity (Wildman–Crippen MR) is 81.8 cm³/mol. The van der Waals surface area contributed by atoms with Crippen LogP contribution in [0.4, 0.5) is 13.2 Å². The lowest BCUT2D eigenvalue weighted by Crippen LogP contribution is -2.10. The van der Waals surface area contributed by atoms with E-state index in [4.69, 9.17) is 51.8 Å². The lowest BCUT2D eigenvalue weighted by Gasteiger charge is -2.19. The Bertz CT molecular complexity index is 770. The molecule has 0 aliphatic heterocycles. The molecule has 0 amide bonds. The van der Waals surface area contributed by atoms with E-state index in [0.29, 0.717) is 10.5 Å². The number of hydrogen-bond donors (Lipinski definition) is 2. The van der Waals surface area contributed by atoms with Crippen LogP contribution in [-0.4, -0.2) is 17.1 Å². The van der Waals surface area contributed by atoms with Crippen molar-refractivity contribution in [3.63, 3.8) is 0 Å². The molecule has 2 aromatic rings. The number of methoxy groups -OCH3 is 1. The van der Waals surface area contributed by atoms with Gasteiger partial charge in [-0.1, -0.05) is 34.8 Å². The second-order valence-corrected chi connectivity index (χ2v) is 5.81. The Morgan fingerprint density at radius 3 is 2.27 bits per heavy atom. The molecule has 0 saturated carbocycles. The van der Waals surface area contributed by atoms with Crippen molar-refractivity contribution in [2.24, 2.45) is 0 Å². The Morgan fingerprint density at radius 2 is 1.82 bits per heavy atom. The fourth-order valence-electron chi connectivity index (χ4n) is 1.93. The summed E-state index contributed by atoms with van der Waals surface area (Å²) in [7, 11) is 1.18. The monoisotopic (exact) mass is 390 g/mol. The summed E-state index contributed by atoms with van der Waals surface area (Å²) in [6.07, 6.45) is -3.23. The van der Waals surface area contributed by atoms with Crippen LogP contribution in [-0.2, 0) is 12.6 Å². The van der Waals surface area contributed by atoms with E-state index in [1.807, 2.05) is 0 Å². The number of nitrogens with one attached hydrogen (secondary N) is 2. The van der Waals surface area contributed by atoms with Gasteiger partial charge in [-0.05, 0) is 17.8 Å². The molecule has 0 aliphatic rings. The third-order valence-corrected chi connectivity index (χ3v) is 4.27. The number of benzene rings is 1. The van der Waals surface area contributed by atoms with Gasteiger partial charge in [0.25, 0.3) is 0 Å². The molecule has 0 unspecified atom stereocenters. The average molecular weight is 392 g/mol. The van der Waals surface area contributed by atoms with Crippen LogP contribution in [0.15, 0.2) is 6.20 Å². The third-order valence-electron chi connectivity index (χ3n) is 2.87. The fourth-order valence-corrected chi connectivity index (χ4v) is 3.33. The lowest BCUT2D eigenvalue weighted by molar-refractivity contribution is -0.137. The van der Waals surface area contributed by atoms with Gasteiger partial charge in [-0.25, -0.2) is 0 Å². The van der Waals surface area contributed by atoms with E-state index in [1.54, 1.807) is 0 Å². The van der Waals surface area contributed by atoms with Gasteiger partial charge in [0.2, 0.25) is 0 Å². The number of rotatable bonds is 3. The summed E-state index contributed by atoms with van der Waals surface area (Å²) < 4.78 is 44.8. The molecular weight excluding hydrogens is 384 g/mol. The first-order chi connectivity index (χ1) is 10.2. The maximum absolute atomic E-state index is 13.2. The molecule has 1 aromatic carbocycles. The van der Waals surface area contributed by atoms with Gasteiger partial charge < -0.3 is 14.7 Å². The highest BCUT2D eigenvalue weighted by Gasteiger charge is 2.39. The summed E-state index contributed by atoms with van der Waals surface area (Å²) in [5.74, 6) is -0.274. The topological polar surface area (TPSA) is 40.8 Å². The molecule has 0 saturated heterocycles. The van der Waals surface area contributed by atoms with Crippen LogP contribution in [0, 0.1) is 4.77 Å². The number of hydrogen-bond acceptors (Lipinski definition) is 2. The van der Waals surface area contributed by atoms with Crippen LogP contribution >= 0.6 is 47.0 Å². The van der Waals surface area contributed by atoms with E-state index in [1.165, 1.54) is 13.3 Å². The van der Waals surface area contributed by atoms with E-state index >= 15 is 0 Å². The molecule has 0 bridgehead atoms. The van der Waals surface area contributed by atoms with Crippen molar-refractivity contribution >= 4 is 47.0 Å². The van der Waals surface area contributed by atoms with Crippen molar-refractivity contribution in [2.45, 2.75) is 12.6 Å². The SMILES string of the molecule is COc1c(Cl)c(Cc2c[nH]c(=S)[nH]2)c(Cl)c(C(F)(F)F)c1Cl. The minimum absolute atomic E-state index is 0.00140. The molecule has 0 spiro atoms. The fraction of sp³-hybridized carbons (Fsp3) is 0.250. The molecule has 3 nitrogen and oxygen atoms in total. The molecule has 22 heavy (non-hydrogen) atoms. The standard InChI is InChI=1S/C12H8Cl3F3N2OS/c1-21-10-8(14)5(2-4-3-19-11(22)20-4)7(13)6(9(10)15)12(16,17)18/h3H,2H2,1H3,(H2,19,20,22). The van der Waals surface area contributed by atoms with Gasteiger partial charge in [0.1, 0.15) is 0 Å². The van der Waals surface area contributed by atoms with Crippen molar-refractivity contribution < 1.29 is 17.9 Å². The van der Waals surface area contributed by atoms with Crippen LogP contribution in [0.25, 0.3) is 0 Å². The predicted octanol–water partition coefficient (Wildman–Crippen LogP) is 5.65. The van der Waals surface area contributed by atoms with Crippen LogP contribution < -0.4 is 4.74 Å². The molecule has 1 heterocycles. The summed E-state index contributed by atoms with van der Waals surface area (Å²) in [5, 5.41) is -1.31. The van der Waals surface area contributed by atoms with E-state index < -0.39 is 21.8 Å². The van der Waals surface area contributed by atoms with E-state index in [0.717, 1.165) is 0 Å². The molecule has 2 N–H and O–H groups in total. The molecule has 120 valence electrons. The number of aromatic amines is 2. The first kappa shape index (κ1) is 17.5. The minimum atomic E-state index is -4.74. The van der Waals surface area contributed by atoms with Crippen molar-refractivity contribution in [1.82, 2.24) is 9.97 Å². The van der Waals surface area contributed by atoms with Crippen LogP contribution in [0.2, 0.25) is 15.1 Å². The number of aromatic nitrogens is 2. The molecule has 0 atom stereocenters. The lowest BCUT2D eigenvalue weighted by atomic mass is 10.0. The maximum Gasteiger partial charge on any atom is 0.419 e. The van der Waals surface area contributed by atoms with Crippen LogP contribution in [0.1, 0.15) is 16.8 Å². The Hall–Kier alpha value is -0.890. The zero-order valence-corrected chi connectivity index (χ0v) is 14.0. The molecule has 10 heteroatoms. The minimum Gasteiger partial charge on any atom is -0.494 e. The largest absolute Gasteiger partial charge is 0.494 e. The zero-order chi connectivity index (χ0) is 16.7. The first-order valence-electron chi connectivity index (χ1n) is 5.73. The number of halogens is 6. The summed E-state index contributed by atoms with van der Waals surface area (Å²) in [6, 6.07) is 0. The number of alkyl halides is 3. The molecule has 0 aliphatic carbocycles. The van der Waals surface area contributed by atoms with Crippen molar-refractivity contribution in [3.05, 3.63) is 42.9 Å². The number of H-pyrrole nitrogens is 2. The average Bonchev–Trinajstić information content (AvgIpc) is 2.79. The van der Waals surface area contributed by atoms with Crippen LogP contribution in [0.5, 0.6) is 5.75 Å². The van der Waals surface area contributed by atoms with E-state index in [9.17, 15) is 13.2 Å². The van der Waals surface area contributed by atoms with Gasteiger partial charge in [0.05, 0.1) is 27.7 Å². The molecule has 0 radical (unpaired) electrons. The summed E-state index contributed by atoms with van der Waals surface area (Å²) >= 11 is 22.6. The first-order valence-corrected chi connectivity index (χ1v) is 7.28. The van der Waals surface area contributed by atoms with Gasteiger partial charge in [-0.3, -0.25) is 0 Å². The quantitative estimate of drug-likeness (QED) is 0.664. The Balaban J connectivity index is 2.69. The van der Waals surface area contributed by atoms with Crippen molar-refractivity contribution in [2.75, 3.05) is 7.11 Å². The summed E-state index contributed by atoms with van der Waals surface area (Å²) in [6.45, 7) is 0. The van der Waals surface area contributed by atoms with Gasteiger partial charge >= 0.3 is 6.18 Å². The number of imidazole rings is 1. The Morgan fingerprint density at radius 1 is 1.18 bits per heavy atom. The second-order valence-electron chi connectivity index (χ2n) is 4.27. The smallest absolute Gasteiger partial charge is 0.419 e. The van der Waals surface area contributed by atoms with Gasteiger partial charge in [-0.15, -0.1) is 0 Å². The Kier molecular flexibility index (Phi) is 5.01. The highest BCUT2D eigenvalue weighted by Crippen LogP contribution is 2.49. The third kappa shape index (κ3) is 3.22. The summed E-state index contributed by atoms with van der Waals surface area (Å²) in [5.41, 5.74) is -0.616. The molecule has 1 aromatic heterocycles. The highest BCUT2D eigenvalue weighted by atomic mass is 35.5. The van der Waals surface area contributed by atoms with Gasteiger partial charge in [-0.2, -0.15) is 13.2 Å². The number of ether oxygens (including phenoxy) is 1. The maximum atomic E-state index is 13.2. The molecule has 2 rings (SSSR count). The summed E-state index contributed by atoms with van der Waals surface area (Å²) in [4.78, 5) is 5.48. The van der Waals surface area contributed by atoms with Gasteiger partial charge in [0, 0.05) is 18.3 Å². The van der Waals surface area contributed by atoms with E-state index in [-0.39, 0.29) is 22.8 Å². The van der Waals surface area contributed by atoms with Crippen LogP contribution in [0.3, 0.4) is 0 Å². The molecule has 0 fully saturated rings. The molecular formula is C12H8Cl3F3N2OS. The van der Waals surface area contributed by atoms with E-state index in [2.05, 4.69) is 9.97 Å². The Labute approximate surface area is 143 Å². The van der Waals surface area contributed by atoms with Gasteiger partial charge in [0.15, 0.2) is 10.5 Å². The zero-order valence-electron chi connectivity index (χ0n) is 10.9. The van der Waals surface area contributed by atoms with Crippen molar-refractivity contribution in [1.29, 1.82) is 0 Å². The second kappa shape index (κ2) is 6.31. The normalized spacial score (nSPS) is 11.8.